The zero-order valence-electron chi connectivity index (χ0n) is 11.7. The summed E-state index contributed by atoms with van der Waals surface area (Å²) in [5.74, 6) is 1.16. The first-order valence-corrected chi connectivity index (χ1v) is 6.74. The molecule has 0 aliphatic rings. The van der Waals surface area contributed by atoms with Crippen LogP contribution >= 0.6 is 0 Å². The van der Waals surface area contributed by atoms with Crippen LogP contribution < -0.4 is 10.5 Å². The van der Waals surface area contributed by atoms with Gasteiger partial charge >= 0.3 is 0 Å². The molecule has 1 aromatic heterocycles. The van der Waals surface area contributed by atoms with Crippen molar-refractivity contribution < 1.29 is 13.5 Å². The highest BCUT2D eigenvalue weighted by Crippen LogP contribution is 2.28. The number of methoxy groups -OCH3 is 1. The summed E-state index contributed by atoms with van der Waals surface area (Å²) in [5.41, 5.74) is 7.86. The van der Waals surface area contributed by atoms with Crippen molar-refractivity contribution in [3.63, 3.8) is 0 Å². The number of hydrogen-bond donors (Lipinski definition) is 1. The molecular formula is C17H16FNO2. The minimum absolute atomic E-state index is 0.284. The van der Waals surface area contributed by atoms with Crippen LogP contribution in [0.15, 0.2) is 52.9 Å². The molecule has 108 valence electrons. The fourth-order valence-electron chi connectivity index (χ4n) is 2.43. The van der Waals surface area contributed by atoms with Crippen LogP contribution in [0.4, 0.5) is 4.39 Å². The third kappa shape index (κ3) is 2.76. The summed E-state index contributed by atoms with van der Waals surface area (Å²) in [5, 5.41) is 0.723. The van der Waals surface area contributed by atoms with Crippen molar-refractivity contribution in [2.45, 2.75) is 12.5 Å². The highest BCUT2D eigenvalue weighted by molar-refractivity contribution is 5.78. The second-order valence-electron chi connectivity index (χ2n) is 4.95. The number of ether oxygens (including phenoxy) is 1. The number of furan rings is 1. The zero-order valence-corrected chi connectivity index (χ0v) is 11.7. The SMILES string of the molecule is COc1ccccc1CC(N)c1cc2cc(F)ccc2o1. The normalized spacial score (nSPS) is 12.5. The van der Waals surface area contributed by atoms with Crippen LogP contribution in [0, 0.1) is 5.82 Å². The minimum Gasteiger partial charge on any atom is -0.496 e. The van der Waals surface area contributed by atoms with Gasteiger partial charge in [0.15, 0.2) is 0 Å². The van der Waals surface area contributed by atoms with E-state index in [0.717, 1.165) is 16.7 Å². The Kier molecular flexibility index (Phi) is 3.62. The van der Waals surface area contributed by atoms with Gasteiger partial charge in [-0.25, -0.2) is 4.39 Å². The third-order valence-corrected chi connectivity index (χ3v) is 3.50. The van der Waals surface area contributed by atoms with Gasteiger partial charge in [-0.1, -0.05) is 18.2 Å². The van der Waals surface area contributed by atoms with Crippen LogP contribution in [0.2, 0.25) is 0 Å². The molecule has 0 aliphatic carbocycles. The molecule has 1 heterocycles. The monoisotopic (exact) mass is 285 g/mol. The van der Waals surface area contributed by atoms with Crippen molar-refractivity contribution in [2.24, 2.45) is 5.73 Å². The molecule has 1 unspecified atom stereocenters. The van der Waals surface area contributed by atoms with Crippen LogP contribution in [-0.4, -0.2) is 7.11 Å². The van der Waals surface area contributed by atoms with E-state index in [9.17, 15) is 4.39 Å². The number of para-hydroxylation sites is 1. The van der Waals surface area contributed by atoms with Crippen LogP contribution in [0.25, 0.3) is 11.0 Å². The first kappa shape index (κ1) is 13.6. The molecule has 0 spiro atoms. The van der Waals surface area contributed by atoms with E-state index in [2.05, 4.69) is 0 Å². The summed E-state index contributed by atoms with van der Waals surface area (Å²) < 4.78 is 24.2. The predicted molar refractivity (Wildman–Crippen MR) is 79.8 cm³/mol. The Morgan fingerprint density at radius 2 is 2.00 bits per heavy atom. The number of halogens is 1. The molecule has 3 nitrogen and oxygen atoms in total. The molecule has 3 aromatic rings. The predicted octanol–water partition coefficient (Wildman–Crippen LogP) is 3.82. The zero-order chi connectivity index (χ0) is 14.8. The molecule has 0 bridgehead atoms. The van der Waals surface area contributed by atoms with Crippen LogP contribution in [-0.2, 0) is 6.42 Å². The van der Waals surface area contributed by atoms with Crippen LogP contribution in [0.3, 0.4) is 0 Å². The number of nitrogens with two attached hydrogens (primary N) is 1. The molecule has 2 N–H and O–H groups in total. The summed E-state index contributed by atoms with van der Waals surface area (Å²) in [6.45, 7) is 0. The van der Waals surface area contributed by atoms with Crippen molar-refractivity contribution in [1.82, 2.24) is 0 Å². The molecular weight excluding hydrogens is 269 g/mol. The Bertz CT molecular complexity index is 766. The minimum atomic E-state index is -0.309. The van der Waals surface area contributed by atoms with Crippen molar-refractivity contribution in [3.05, 3.63) is 65.7 Å². The van der Waals surface area contributed by atoms with Gasteiger partial charge in [-0.15, -0.1) is 0 Å². The number of fused-ring (bicyclic) bond motifs is 1. The summed E-state index contributed by atoms with van der Waals surface area (Å²) in [6.07, 6.45) is 0.590. The van der Waals surface area contributed by atoms with Crippen LogP contribution in [0.5, 0.6) is 5.75 Å². The Morgan fingerprint density at radius 1 is 1.19 bits per heavy atom. The van der Waals surface area contributed by atoms with Gasteiger partial charge in [0.05, 0.1) is 13.2 Å². The van der Waals surface area contributed by atoms with Crippen molar-refractivity contribution in [3.8, 4) is 5.75 Å². The average molecular weight is 285 g/mol. The van der Waals surface area contributed by atoms with E-state index < -0.39 is 0 Å². The summed E-state index contributed by atoms with van der Waals surface area (Å²) in [7, 11) is 1.63. The van der Waals surface area contributed by atoms with E-state index in [1.807, 2.05) is 24.3 Å². The fraction of sp³-hybridized carbons (Fsp3) is 0.176. The summed E-state index contributed by atoms with van der Waals surface area (Å²) in [4.78, 5) is 0. The Labute approximate surface area is 122 Å². The van der Waals surface area contributed by atoms with Gasteiger partial charge in [-0.05, 0) is 42.3 Å². The van der Waals surface area contributed by atoms with E-state index in [-0.39, 0.29) is 11.9 Å². The van der Waals surface area contributed by atoms with Gasteiger partial charge in [0.1, 0.15) is 22.9 Å². The summed E-state index contributed by atoms with van der Waals surface area (Å²) >= 11 is 0. The van der Waals surface area contributed by atoms with Gasteiger partial charge in [0.25, 0.3) is 0 Å². The molecule has 1 atom stereocenters. The maximum atomic E-state index is 13.2. The van der Waals surface area contributed by atoms with Crippen molar-refractivity contribution in [2.75, 3.05) is 7.11 Å². The Morgan fingerprint density at radius 3 is 2.81 bits per heavy atom. The van der Waals surface area contributed by atoms with E-state index in [0.29, 0.717) is 17.8 Å². The fourth-order valence-corrected chi connectivity index (χ4v) is 2.43. The van der Waals surface area contributed by atoms with Crippen molar-refractivity contribution in [1.29, 1.82) is 0 Å². The quantitative estimate of drug-likeness (QED) is 0.792. The Balaban J connectivity index is 1.88. The number of benzene rings is 2. The topological polar surface area (TPSA) is 48.4 Å². The van der Waals surface area contributed by atoms with Gasteiger partial charge < -0.3 is 14.9 Å². The standard InChI is InChI=1S/C17H16FNO2/c1-20-15-5-3-2-4-11(15)9-14(19)17-10-12-8-13(18)6-7-16(12)21-17/h2-8,10,14H,9,19H2,1H3. The third-order valence-electron chi connectivity index (χ3n) is 3.50. The van der Waals surface area contributed by atoms with E-state index in [1.165, 1.54) is 12.1 Å². The van der Waals surface area contributed by atoms with Gasteiger partial charge in [0, 0.05) is 5.39 Å². The second-order valence-corrected chi connectivity index (χ2v) is 4.95. The second kappa shape index (κ2) is 5.58. The highest BCUT2D eigenvalue weighted by atomic mass is 19.1. The molecule has 0 saturated heterocycles. The molecule has 2 aromatic carbocycles. The van der Waals surface area contributed by atoms with Gasteiger partial charge in [0.2, 0.25) is 0 Å². The molecule has 3 rings (SSSR count). The maximum Gasteiger partial charge on any atom is 0.134 e. The van der Waals surface area contributed by atoms with Gasteiger partial charge in [-0.3, -0.25) is 0 Å². The number of hydrogen-bond acceptors (Lipinski definition) is 3. The lowest BCUT2D eigenvalue weighted by Crippen LogP contribution is -2.13. The lowest BCUT2D eigenvalue weighted by molar-refractivity contribution is 0.405. The molecule has 0 fully saturated rings. The lowest BCUT2D eigenvalue weighted by Gasteiger charge is -2.12. The summed E-state index contributed by atoms with van der Waals surface area (Å²) in [6, 6.07) is 13.6. The largest absolute Gasteiger partial charge is 0.496 e. The first-order chi connectivity index (χ1) is 10.2. The molecule has 4 heteroatoms. The van der Waals surface area contributed by atoms with Gasteiger partial charge in [-0.2, -0.15) is 0 Å². The smallest absolute Gasteiger partial charge is 0.134 e. The maximum absolute atomic E-state index is 13.2. The molecule has 0 aliphatic heterocycles. The van der Waals surface area contributed by atoms with Crippen molar-refractivity contribution >= 4 is 11.0 Å². The van der Waals surface area contributed by atoms with E-state index in [4.69, 9.17) is 14.9 Å². The van der Waals surface area contributed by atoms with E-state index in [1.54, 1.807) is 19.2 Å². The molecule has 0 saturated carbocycles. The molecule has 21 heavy (non-hydrogen) atoms. The number of rotatable bonds is 4. The molecule has 0 radical (unpaired) electrons. The molecule has 0 amide bonds. The average Bonchev–Trinajstić information content (AvgIpc) is 2.91. The lowest BCUT2D eigenvalue weighted by atomic mass is 10.0. The van der Waals surface area contributed by atoms with Crippen LogP contribution in [0.1, 0.15) is 17.4 Å². The van der Waals surface area contributed by atoms with E-state index >= 15 is 0 Å². The first-order valence-electron chi connectivity index (χ1n) is 6.74. The highest BCUT2D eigenvalue weighted by Gasteiger charge is 2.15. The Hall–Kier alpha value is -2.33.